The van der Waals surface area contributed by atoms with Crippen LogP contribution in [0.4, 0.5) is 5.69 Å². The number of benzene rings is 3. The molecule has 6 heteroatoms. The van der Waals surface area contributed by atoms with E-state index in [2.05, 4.69) is 13.8 Å². The number of carbonyl (C=O) groups is 2. The van der Waals surface area contributed by atoms with Crippen LogP contribution in [0.15, 0.2) is 48.5 Å². The largest absolute Gasteiger partial charge is 0.493 e. The Labute approximate surface area is 193 Å². The Balaban J connectivity index is 1.81. The van der Waals surface area contributed by atoms with Gasteiger partial charge in [-0.3, -0.25) is 9.59 Å². The van der Waals surface area contributed by atoms with Crippen molar-refractivity contribution < 1.29 is 24.2 Å². The zero-order valence-electron chi connectivity index (χ0n) is 19.4. The Morgan fingerprint density at radius 3 is 2.42 bits per heavy atom. The van der Waals surface area contributed by atoms with E-state index in [0.29, 0.717) is 41.7 Å². The van der Waals surface area contributed by atoms with Crippen molar-refractivity contribution in [2.45, 2.75) is 46.8 Å². The maximum absolute atomic E-state index is 13.7. The lowest BCUT2D eigenvalue weighted by atomic mass is 9.98. The Morgan fingerprint density at radius 2 is 1.79 bits per heavy atom. The molecule has 0 aromatic heterocycles. The number of ether oxygens (including phenoxy) is 2. The summed E-state index contributed by atoms with van der Waals surface area (Å²) < 4.78 is 12.2. The number of fused-ring (bicyclic) bond motifs is 3. The molecule has 1 amide bonds. The van der Waals surface area contributed by atoms with E-state index in [1.807, 2.05) is 38.1 Å². The highest BCUT2D eigenvalue weighted by molar-refractivity contribution is 6.19. The predicted molar refractivity (Wildman–Crippen MR) is 128 cm³/mol. The van der Waals surface area contributed by atoms with Crippen LogP contribution in [-0.4, -0.2) is 29.7 Å². The van der Waals surface area contributed by atoms with E-state index in [-0.39, 0.29) is 18.4 Å². The van der Waals surface area contributed by atoms with E-state index >= 15 is 0 Å². The van der Waals surface area contributed by atoms with Gasteiger partial charge >= 0.3 is 5.97 Å². The summed E-state index contributed by atoms with van der Waals surface area (Å²) in [4.78, 5) is 26.4. The van der Waals surface area contributed by atoms with Crippen LogP contribution in [0.5, 0.6) is 11.5 Å². The van der Waals surface area contributed by atoms with Crippen LogP contribution >= 0.6 is 0 Å². The normalized spacial score (nSPS) is 13.2. The number of nitrogens with zero attached hydrogens (tertiary/aromatic N) is 1. The lowest BCUT2D eigenvalue weighted by molar-refractivity contribution is -0.136. The fraction of sp³-hybridized carbons (Fsp3) is 0.333. The summed E-state index contributed by atoms with van der Waals surface area (Å²) in [6.07, 6.45) is -0.0835. The molecule has 0 atom stereocenters. The van der Waals surface area contributed by atoms with Crippen molar-refractivity contribution in [3.8, 4) is 11.5 Å². The molecule has 172 valence electrons. The average Bonchev–Trinajstić information content (AvgIpc) is 3.09. The van der Waals surface area contributed by atoms with E-state index in [1.54, 1.807) is 29.2 Å². The first-order valence-electron chi connectivity index (χ1n) is 11.2. The Bertz CT molecular complexity index is 1200. The zero-order valence-corrected chi connectivity index (χ0v) is 19.4. The minimum atomic E-state index is -0.886. The van der Waals surface area contributed by atoms with Crippen molar-refractivity contribution >= 4 is 28.3 Å². The van der Waals surface area contributed by atoms with Crippen LogP contribution in [0.2, 0.25) is 0 Å². The van der Waals surface area contributed by atoms with Crippen molar-refractivity contribution in [2.75, 3.05) is 11.5 Å². The third kappa shape index (κ3) is 4.65. The van der Waals surface area contributed by atoms with E-state index in [4.69, 9.17) is 14.6 Å². The van der Waals surface area contributed by atoms with Gasteiger partial charge in [0.1, 0.15) is 11.5 Å². The molecule has 0 spiro atoms. The second-order valence-electron chi connectivity index (χ2n) is 9.08. The minimum absolute atomic E-state index is 0.0301. The van der Waals surface area contributed by atoms with Crippen molar-refractivity contribution in [2.24, 2.45) is 5.92 Å². The number of aliphatic carboxylic acids is 1. The highest BCUT2D eigenvalue weighted by Gasteiger charge is 2.34. The molecule has 1 heterocycles. The SMILES string of the molecule is CC(C)COc1cc2cccc(OC(C)C)c2c2c1CN(c1ccc(CC(=O)O)cc1)C2=O. The van der Waals surface area contributed by atoms with E-state index in [0.717, 1.165) is 22.0 Å². The Morgan fingerprint density at radius 1 is 1.06 bits per heavy atom. The van der Waals surface area contributed by atoms with Crippen molar-refractivity contribution in [1.82, 2.24) is 0 Å². The molecule has 1 N–H and O–H groups in total. The van der Waals surface area contributed by atoms with E-state index in [1.165, 1.54) is 0 Å². The molecule has 0 aliphatic carbocycles. The van der Waals surface area contributed by atoms with Gasteiger partial charge in [0.25, 0.3) is 5.91 Å². The standard InChI is InChI=1S/C27H29NO5/c1-16(2)15-32-23-13-19-6-5-7-22(33-17(3)4)25(19)26-21(23)14-28(27(26)31)20-10-8-18(9-11-20)12-24(29)30/h5-11,13,16-17H,12,14-15H2,1-4H3,(H,29,30). The Kier molecular flexibility index (Phi) is 6.27. The van der Waals surface area contributed by atoms with Crippen molar-refractivity contribution in [3.05, 3.63) is 65.2 Å². The van der Waals surface area contributed by atoms with Gasteiger partial charge in [-0.2, -0.15) is 0 Å². The maximum atomic E-state index is 13.7. The molecule has 1 aliphatic rings. The van der Waals surface area contributed by atoms with Crippen molar-refractivity contribution in [1.29, 1.82) is 0 Å². The molecule has 6 nitrogen and oxygen atoms in total. The van der Waals surface area contributed by atoms with E-state index < -0.39 is 5.97 Å². The quantitative estimate of drug-likeness (QED) is 0.497. The lowest BCUT2D eigenvalue weighted by Crippen LogP contribution is -2.23. The summed E-state index contributed by atoms with van der Waals surface area (Å²) in [5.74, 6) is 0.744. The third-order valence-electron chi connectivity index (χ3n) is 5.51. The van der Waals surface area contributed by atoms with Gasteiger partial charge in [-0.1, -0.05) is 38.1 Å². The average molecular weight is 448 g/mol. The van der Waals surface area contributed by atoms with Gasteiger partial charge in [0.15, 0.2) is 0 Å². The van der Waals surface area contributed by atoms with Crippen LogP contribution in [0.1, 0.15) is 49.2 Å². The molecular weight excluding hydrogens is 418 g/mol. The first-order valence-corrected chi connectivity index (χ1v) is 11.2. The number of rotatable bonds is 8. The molecule has 33 heavy (non-hydrogen) atoms. The van der Waals surface area contributed by atoms with Gasteiger partial charge < -0.3 is 19.5 Å². The molecular formula is C27H29NO5. The molecule has 0 bridgehead atoms. The summed E-state index contributed by atoms with van der Waals surface area (Å²) in [6, 6.07) is 14.9. The van der Waals surface area contributed by atoms with Crippen molar-refractivity contribution in [3.63, 3.8) is 0 Å². The number of carbonyl (C=O) groups excluding carboxylic acids is 1. The number of anilines is 1. The molecule has 0 radical (unpaired) electrons. The minimum Gasteiger partial charge on any atom is -0.493 e. The molecule has 0 saturated heterocycles. The molecule has 4 rings (SSSR count). The van der Waals surface area contributed by atoms with Gasteiger partial charge in [0.05, 0.1) is 31.2 Å². The summed E-state index contributed by atoms with van der Waals surface area (Å²) in [5, 5.41) is 10.7. The lowest BCUT2D eigenvalue weighted by Gasteiger charge is -2.17. The summed E-state index contributed by atoms with van der Waals surface area (Å²) in [5.41, 5.74) is 2.87. The summed E-state index contributed by atoms with van der Waals surface area (Å²) in [7, 11) is 0. The first-order chi connectivity index (χ1) is 15.7. The molecule has 0 saturated carbocycles. The van der Waals surface area contributed by atoms with Gasteiger partial charge in [-0.05, 0) is 55.0 Å². The highest BCUT2D eigenvalue weighted by Crippen LogP contribution is 2.42. The van der Waals surface area contributed by atoms with Crippen LogP contribution in [0, 0.1) is 5.92 Å². The first kappa shape index (κ1) is 22.6. The Hall–Kier alpha value is -3.54. The van der Waals surface area contributed by atoms with Gasteiger partial charge in [-0.25, -0.2) is 0 Å². The smallest absolute Gasteiger partial charge is 0.307 e. The monoisotopic (exact) mass is 447 g/mol. The number of carboxylic acids is 1. The van der Waals surface area contributed by atoms with Crippen LogP contribution < -0.4 is 14.4 Å². The molecule has 1 aliphatic heterocycles. The van der Waals surface area contributed by atoms with E-state index in [9.17, 15) is 9.59 Å². The number of carboxylic acid groups (broad SMARTS) is 1. The third-order valence-corrected chi connectivity index (χ3v) is 5.51. The molecule has 0 unspecified atom stereocenters. The number of amides is 1. The maximum Gasteiger partial charge on any atom is 0.307 e. The second kappa shape index (κ2) is 9.14. The van der Waals surface area contributed by atoms with Gasteiger partial charge in [0, 0.05) is 16.6 Å². The topological polar surface area (TPSA) is 76.1 Å². The predicted octanol–water partition coefficient (Wildman–Crippen LogP) is 5.45. The fourth-order valence-corrected chi connectivity index (χ4v) is 4.11. The summed E-state index contributed by atoms with van der Waals surface area (Å²) >= 11 is 0. The second-order valence-corrected chi connectivity index (χ2v) is 9.08. The molecule has 3 aromatic rings. The van der Waals surface area contributed by atoms with Gasteiger partial charge in [-0.15, -0.1) is 0 Å². The number of hydrogen-bond acceptors (Lipinski definition) is 4. The zero-order chi connectivity index (χ0) is 23.7. The molecule has 3 aromatic carbocycles. The summed E-state index contributed by atoms with van der Waals surface area (Å²) in [6.45, 7) is 9.04. The van der Waals surface area contributed by atoms with Crippen LogP contribution in [-0.2, 0) is 17.8 Å². The van der Waals surface area contributed by atoms with Crippen LogP contribution in [0.3, 0.4) is 0 Å². The number of hydrogen-bond donors (Lipinski definition) is 1. The fourth-order valence-electron chi connectivity index (χ4n) is 4.11. The van der Waals surface area contributed by atoms with Gasteiger partial charge in [0.2, 0.25) is 0 Å². The molecule has 0 fully saturated rings. The highest BCUT2D eigenvalue weighted by atomic mass is 16.5. The van der Waals surface area contributed by atoms with Crippen LogP contribution in [0.25, 0.3) is 10.8 Å².